The number of nitrogens with zero attached hydrogens (tertiary/aromatic N) is 2. The normalized spacial score (nSPS) is 22.4. The molecule has 1 saturated carbocycles. The summed E-state index contributed by atoms with van der Waals surface area (Å²) in [6.45, 7) is 0.578. The monoisotopic (exact) mass is 396 g/mol. The SMILES string of the molecule is O=C(N=CCCC1CCC1)[C@H]1CCCN(S(=O)(=O)c2ccccc2Cl)C1. The Kier molecular flexibility index (Phi) is 6.48. The summed E-state index contributed by atoms with van der Waals surface area (Å²) < 4.78 is 27.1. The number of piperidine rings is 1. The van der Waals surface area contributed by atoms with Gasteiger partial charge in [0.1, 0.15) is 4.90 Å². The van der Waals surface area contributed by atoms with Gasteiger partial charge in [0.2, 0.25) is 15.9 Å². The summed E-state index contributed by atoms with van der Waals surface area (Å²) in [5.41, 5.74) is 0. The highest BCUT2D eigenvalue weighted by molar-refractivity contribution is 7.89. The van der Waals surface area contributed by atoms with Crippen LogP contribution in [0.3, 0.4) is 0 Å². The lowest BCUT2D eigenvalue weighted by atomic mass is 9.82. The molecule has 2 fully saturated rings. The minimum atomic E-state index is -3.69. The second-order valence-corrected chi connectivity index (χ2v) is 9.47. The smallest absolute Gasteiger partial charge is 0.249 e. The number of sulfonamides is 1. The highest BCUT2D eigenvalue weighted by Gasteiger charge is 2.34. The maximum Gasteiger partial charge on any atom is 0.249 e. The standard InChI is InChI=1S/C19H25ClN2O3S/c20-17-10-1-2-11-18(17)26(24,25)22-13-5-9-16(14-22)19(23)21-12-4-8-15-6-3-7-15/h1-2,10-12,15-16H,3-9,13-14H2/t16-/m0/s1. The summed E-state index contributed by atoms with van der Waals surface area (Å²) >= 11 is 6.06. The van der Waals surface area contributed by atoms with Crippen LogP contribution in [0.1, 0.15) is 44.9 Å². The van der Waals surface area contributed by atoms with E-state index >= 15 is 0 Å². The van der Waals surface area contributed by atoms with Crippen LogP contribution in [0, 0.1) is 11.8 Å². The fourth-order valence-electron chi connectivity index (χ4n) is 3.51. The molecule has 1 aromatic rings. The third-order valence-corrected chi connectivity index (χ3v) is 7.70. The van der Waals surface area contributed by atoms with Gasteiger partial charge in [0.25, 0.3) is 0 Å². The molecule has 5 nitrogen and oxygen atoms in total. The Morgan fingerprint density at radius 3 is 2.69 bits per heavy atom. The van der Waals surface area contributed by atoms with Gasteiger partial charge >= 0.3 is 0 Å². The zero-order valence-electron chi connectivity index (χ0n) is 14.8. The minimum absolute atomic E-state index is 0.0961. The highest BCUT2D eigenvalue weighted by Crippen LogP contribution is 2.30. The first-order valence-electron chi connectivity index (χ1n) is 9.29. The van der Waals surface area contributed by atoms with Crippen LogP contribution in [0.5, 0.6) is 0 Å². The van der Waals surface area contributed by atoms with E-state index < -0.39 is 10.0 Å². The largest absolute Gasteiger partial charge is 0.272 e. The van der Waals surface area contributed by atoms with Crippen LogP contribution in [-0.4, -0.2) is 37.9 Å². The van der Waals surface area contributed by atoms with Crippen molar-refractivity contribution >= 4 is 33.7 Å². The van der Waals surface area contributed by atoms with E-state index in [1.165, 1.54) is 29.6 Å². The second-order valence-electron chi connectivity index (χ2n) is 7.16. The molecular formula is C19H25ClN2O3S. The molecule has 7 heteroatoms. The molecule has 0 N–H and O–H groups in total. The Balaban J connectivity index is 1.60. The van der Waals surface area contributed by atoms with Crippen molar-refractivity contribution in [3.05, 3.63) is 29.3 Å². The van der Waals surface area contributed by atoms with Gasteiger partial charge in [0.05, 0.1) is 10.9 Å². The first-order chi connectivity index (χ1) is 12.5. The number of benzene rings is 1. The third-order valence-electron chi connectivity index (χ3n) is 5.34. The van der Waals surface area contributed by atoms with Crippen molar-refractivity contribution < 1.29 is 13.2 Å². The maximum absolute atomic E-state index is 12.8. The molecule has 1 saturated heterocycles. The van der Waals surface area contributed by atoms with Crippen LogP contribution in [0.4, 0.5) is 0 Å². The quantitative estimate of drug-likeness (QED) is 0.684. The van der Waals surface area contributed by atoms with E-state index in [0.717, 1.165) is 18.8 Å². The molecule has 0 radical (unpaired) electrons. The fraction of sp³-hybridized carbons (Fsp3) is 0.579. The van der Waals surface area contributed by atoms with Crippen LogP contribution < -0.4 is 0 Å². The van der Waals surface area contributed by atoms with Crippen molar-refractivity contribution in [2.75, 3.05) is 13.1 Å². The van der Waals surface area contributed by atoms with E-state index in [0.29, 0.717) is 19.4 Å². The van der Waals surface area contributed by atoms with Crippen LogP contribution in [0.15, 0.2) is 34.2 Å². The van der Waals surface area contributed by atoms with Gasteiger partial charge < -0.3 is 0 Å². The van der Waals surface area contributed by atoms with Gasteiger partial charge in [0, 0.05) is 19.3 Å². The lowest BCUT2D eigenvalue weighted by Gasteiger charge is -2.30. The van der Waals surface area contributed by atoms with Gasteiger partial charge in [-0.05, 0) is 43.7 Å². The lowest BCUT2D eigenvalue weighted by Crippen LogP contribution is -2.42. The lowest BCUT2D eigenvalue weighted by molar-refractivity contribution is -0.122. The van der Waals surface area contributed by atoms with E-state index in [2.05, 4.69) is 4.99 Å². The Morgan fingerprint density at radius 1 is 1.23 bits per heavy atom. The predicted molar refractivity (Wildman–Crippen MR) is 103 cm³/mol. The van der Waals surface area contributed by atoms with Gasteiger partial charge in [-0.1, -0.05) is 43.0 Å². The van der Waals surface area contributed by atoms with Gasteiger partial charge in [-0.2, -0.15) is 4.31 Å². The summed E-state index contributed by atoms with van der Waals surface area (Å²) in [6.07, 6.45) is 8.85. The van der Waals surface area contributed by atoms with Crippen LogP contribution in [0.2, 0.25) is 5.02 Å². The van der Waals surface area contributed by atoms with E-state index in [4.69, 9.17) is 11.6 Å². The molecule has 26 heavy (non-hydrogen) atoms. The summed E-state index contributed by atoms with van der Waals surface area (Å²) in [6, 6.07) is 6.41. The highest BCUT2D eigenvalue weighted by atomic mass is 35.5. The molecule has 142 valence electrons. The van der Waals surface area contributed by atoms with Gasteiger partial charge in [-0.25, -0.2) is 13.4 Å². The Labute approximate surface area is 160 Å². The average molecular weight is 397 g/mol. The van der Waals surface area contributed by atoms with Gasteiger partial charge in [-0.3, -0.25) is 4.79 Å². The Hall–Kier alpha value is -1.24. The second kappa shape index (κ2) is 8.63. The van der Waals surface area contributed by atoms with Crippen LogP contribution in [0.25, 0.3) is 0 Å². The molecule has 1 aliphatic carbocycles. The molecule has 1 heterocycles. The first kappa shape index (κ1) is 19.5. The molecule has 0 spiro atoms. The van der Waals surface area contributed by atoms with Crippen molar-refractivity contribution in [2.45, 2.75) is 49.8 Å². The topological polar surface area (TPSA) is 66.8 Å². The van der Waals surface area contributed by atoms with Gasteiger partial charge in [-0.15, -0.1) is 0 Å². The van der Waals surface area contributed by atoms with Crippen molar-refractivity contribution in [1.82, 2.24) is 4.31 Å². The predicted octanol–water partition coefficient (Wildman–Crippen LogP) is 3.92. The molecule has 0 unspecified atom stereocenters. The van der Waals surface area contributed by atoms with Gasteiger partial charge in [0.15, 0.2) is 0 Å². The van der Waals surface area contributed by atoms with Crippen molar-refractivity contribution in [3.8, 4) is 0 Å². The minimum Gasteiger partial charge on any atom is -0.272 e. The Morgan fingerprint density at radius 2 is 2.00 bits per heavy atom. The maximum atomic E-state index is 12.8. The van der Waals surface area contributed by atoms with E-state index in [9.17, 15) is 13.2 Å². The summed E-state index contributed by atoms with van der Waals surface area (Å²) in [4.78, 5) is 16.5. The molecule has 1 aliphatic heterocycles. The Bertz CT molecular complexity index is 775. The number of hydrogen-bond donors (Lipinski definition) is 0. The number of halogens is 1. The van der Waals surface area contributed by atoms with E-state index in [1.54, 1.807) is 24.4 Å². The molecule has 0 aromatic heterocycles. The van der Waals surface area contributed by atoms with Crippen LogP contribution >= 0.6 is 11.6 Å². The molecule has 1 amide bonds. The fourth-order valence-corrected chi connectivity index (χ4v) is 5.52. The van der Waals surface area contributed by atoms with Crippen molar-refractivity contribution in [3.63, 3.8) is 0 Å². The van der Waals surface area contributed by atoms with Crippen LogP contribution in [-0.2, 0) is 14.8 Å². The molecule has 1 aromatic carbocycles. The average Bonchev–Trinajstić information content (AvgIpc) is 2.60. The number of aliphatic imine (C=N–C) groups is 1. The summed E-state index contributed by atoms with van der Waals surface area (Å²) in [7, 11) is -3.69. The van der Waals surface area contributed by atoms with E-state index in [1.807, 2.05) is 0 Å². The molecule has 2 aliphatic rings. The first-order valence-corrected chi connectivity index (χ1v) is 11.1. The number of rotatable bonds is 6. The number of carbonyl (C=O) groups is 1. The number of hydrogen-bond acceptors (Lipinski definition) is 3. The molecular weight excluding hydrogens is 372 g/mol. The summed E-state index contributed by atoms with van der Waals surface area (Å²) in [5, 5.41) is 0.204. The third kappa shape index (κ3) is 4.53. The zero-order chi connectivity index (χ0) is 18.6. The number of carbonyl (C=O) groups excluding carboxylic acids is 1. The number of amides is 1. The van der Waals surface area contributed by atoms with Crippen molar-refractivity contribution in [1.29, 1.82) is 0 Å². The zero-order valence-corrected chi connectivity index (χ0v) is 16.4. The summed E-state index contributed by atoms with van der Waals surface area (Å²) in [5.74, 6) is 0.209. The molecule has 3 rings (SSSR count). The molecule has 1 atom stereocenters. The molecule has 0 bridgehead atoms. The van der Waals surface area contributed by atoms with E-state index in [-0.39, 0.29) is 28.3 Å². The van der Waals surface area contributed by atoms with Crippen molar-refractivity contribution in [2.24, 2.45) is 16.8 Å².